The molecule has 1 amide bonds. The number of carbonyl (C=O) groups is 1. The van der Waals surface area contributed by atoms with Crippen molar-refractivity contribution in [2.75, 3.05) is 26.2 Å². The van der Waals surface area contributed by atoms with E-state index in [4.69, 9.17) is 14.2 Å². The highest BCUT2D eigenvalue weighted by Gasteiger charge is 2.56. The summed E-state index contributed by atoms with van der Waals surface area (Å²) < 4.78 is 17.5. The smallest absolute Gasteiger partial charge is 0.246 e. The van der Waals surface area contributed by atoms with E-state index in [0.717, 1.165) is 27.0 Å². The molecule has 4 unspecified atom stereocenters. The number of anilines is 1. The molecule has 0 aliphatic carbocycles. The number of fused-ring (bicyclic) bond motifs is 1. The molecule has 2 heterocycles. The number of hydrazine groups is 1. The van der Waals surface area contributed by atoms with Gasteiger partial charge in [-0.05, 0) is 54.1 Å². The third-order valence-electron chi connectivity index (χ3n) is 6.65. The van der Waals surface area contributed by atoms with Crippen LogP contribution in [0.15, 0.2) is 71.2 Å². The van der Waals surface area contributed by atoms with Gasteiger partial charge in [0.15, 0.2) is 0 Å². The average molecular weight is 524 g/mol. The Labute approximate surface area is 207 Å². The number of hydrogen-bond acceptors (Lipinski definition) is 6. The van der Waals surface area contributed by atoms with Crippen molar-refractivity contribution >= 4 is 27.5 Å². The number of nitrogens with one attached hydrogen (secondary N) is 2. The number of rotatable bonds is 6. The molecule has 2 aliphatic rings. The SMILES string of the molecule is COc1ccc(C2NNC3C(=O)N(c4ccc(Br)cc4)C(c4ccc(OC)cc4OC)C32)cc1. The summed E-state index contributed by atoms with van der Waals surface area (Å²) in [7, 11) is 4.92. The van der Waals surface area contributed by atoms with Crippen LogP contribution in [0.2, 0.25) is 0 Å². The highest BCUT2D eigenvalue weighted by atomic mass is 79.9. The van der Waals surface area contributed by atoms with E-state index in [1.165, 1.54) is 0 Å². The Hall–Kier alpha value is -3.07. The van der Waals surface area contributed by atoms with Gasteiger partial charge in [0, 0.05) is 27.7 Å². The maximum atomic E-state index is 13.8. The molecule has 0 bridgehead atoms. The third-order valence-corrected chi connectivity index (χ3v) is 7.18. The minimum Gasteiger partial charge on any atom is -0.497 e. The summed E-state index contributed by atoms with van der Waals surface area (Å²) in [6, 6.07) is 20.8. The maximum Gasteiger partial charge on any atom is 0.246 e. The number of carbonyl (C=O) groups excluding carboxylic acids is 1. The van der Waals surface area contributed by atoms with E-state index in [0.29, 0.717) is 11.5 Å². The van der Waals surface area contributed by atoms with Gasteiger partial charge in [0.2, 0.25) is 5.91 Å². The lowest BCUT2D eigenvalue weighted by Crippen LogP contribution is -2.41. The molecule has 3 aromatic carbocycles. The zero-order valence-electron chi connectivity index (χ0n) is 19.1. The Morgan fingerprint density at radius 2 is 1.44 bits per heavy atom. The van der Waals surface area contributed by atoms with Gasteiger partial charge in [-0.15, -0.1) is 0 Å². The van der Waals surface area contributed by atoms with Gasteiger partial charge in [-0.3, -0.25) is 4.79 Å². The number of hydrogen-bond donors (Lipinski definition) is 2. The number of ether oxygens (including phenoxy) is 3. The first kappa shape index (κ1) is 22.7. The first-order valence-electron chi connectivity index (χ1n) is 11.0. The second-order valence-corrected chi connectivity index (χ2v) is 9.25. The topological polar surface area (TPSA) is 72.1 Å². The second kappa shape index (κ2) is 9.29. The molecule has 34 heavy (non-hydrogen) atoms. The van der Waals surface area contributed by atoms with Crippen LogP contribution in [0.25, 0.3) is 0 Å². The first-order valence-corrected chi connectivity index (χ1v) is 11.8. The van der Waals surface area contributed by atoms with Crippen molar-refractivity contribution in [1.29, 1.82) is 0 Å². The van der Waals surface area contributed by atoms with Crippen molar-refractivity contribution in [3.05, 3.63) is 82.3 Å². The van der Waals surface area contributed by atoms with Gasteiger partial charge in [-0.1, -0.05) is 28.1 Å². The van der Waals surface area contributed by atoms with Crippen molar-refractivity contribution in [3.63, 3.8) is 0 Å². The molecule has 7 nitrogen and oxygen atoms in total. The fourth-order valence-corrected chi connectivity index (χ4v) is 5.29. The number of amides is 1. The second-order valence-electron chi connectivity index (χ2n) is 8.33. The molecule has 8 heteroatoms. The highest BCUT2D eigenvalue weighted by Crippen LogP contribution is 2.51. The van der Waals surface area contributed by atoms with E-state index >= 15 is 0 Å². The molecule has 2 aliphatic heterocycles. The van der Waals surface area contributed by atoms with Crippen LogP contribution in [-0.2, 0) is 4.79 Å². The Morgan fingerprint density at radius 1 is 0.794 bits per heavy atom. The lowest BCUT2D eigenvalue weighted by molar-refractivity contribution is -0.119. The molecular formula is C26H26BrN3O4. The quantitative estimate of drug-likeness (QED) is 0.499. The average Bonchev–Trinajstić information content (AvgIpc) is 3.43. The van der Waals surface area contributed by atoms with Gasteiger partial charge in [0.05, 0.1) is 33.4 Å². The fraction of sp³-hybridized carbons (Fsp3) is 0.269. The van der Waals surface area contributed by atoms with Gasteiger partial charge in [-0.25, -0.2) is 10.9 Å². The summed E-state index contributed by atoms with van der Waals surface area (Å²) >= 11 is 3.50. The number of halogens is 1. The van der Waals surface area contributed by atoms with Crippen LogP contribution < -0.4 is 30.0 Å². The van der Waals surface area contributed by atoms with Crippen LogP contribution in [0, 0.1) is 5.92 Å². The Bertz CT molecular complexity index is 1190. The lowest BCUT2D eigenvalue weighted by atomic mass is 9.83. The molecule has 0 radical (unpaired) electrons. The zero-order valence-corrected chi connectivity index (χ0v) is 20.7. The molecule has 0 spiro atoms. The van der Waals surface area contributed by atoms with E-state index in [-0.39, 0.29) is 23.9 Å². The molecule has 2 saturated heterocycles. The van der Waals surface area contributed by atoms with Crippen LogP contribution in [0.3, 0.4) is 0 Å². The third kappa shape index (κ3) is 3.81. The van der Waals surface area contributed by atoms with Crippen LogP contribution in [0.5, 0.6) is 17.2 Å². The van der Waals surface area contributed by atoms with Crippen molar-refractivity contribution in [3.8, 4) is 17.2 Å². The summed E-state index contributed by atoms with van der Waals surface area (Å²) in [5, 5.41) is 0. The van der Waals surface area contributed by atoms with Crippen LogP contribution in [-0.4, -0.2) is 33.3 Å². The van der Waals surface area contributed by atoms with E-state index in [1.807, 2.05) is 71.6 Å². The van der Waals surface area contributed by atoms with E-state index in [2.05, 4.69) is 26.8 Å². The minimum absolute atomic E-state index is 0.0127. The summed E-state index contributed by atoms with van der Waals surface area (Å²) in [5.41, 5.74) is 9.48. The molecule has 3 aromatic rings. The van der Waals surface area contributed by atoms with E-state index < -0.39 is 6.04 Å². The van der Waals surface area contributed by atoms with E-state index in [1.54, 1.807) is 21.3 Å². The molecule has 4 atom stereocenters. The van der Waals surface area contributed by atoms with Gasteiger partial charge < -0.3 is 19.1 Å². The van der Waals surface area contributed by atoms with Gasteiger partial charge in [-0.2, -0.15) is 0 Å². The first-order chi connectivity index (χ1) is 16.5. The zero-order chi connectivity index (χ0) is 23.8. The van der Waals surface area contributed by atoms with E-state index in [9.17, 15) is 4.79 Å². The number of benzene rings is 3. The maximum absolute atomic E-state index is 13.8. The summed E-state index contributed by atoms with van der Waals surface area (Å²) in [6.45, 7) is 0. The van der Waals surface area contributed by atoms with Gasteiger partial charge in [0.25, 0.3) is 0 Å². The number of methoxy groups -OCH3 is 3. The summed E-state index contributed by atoms with van der Waals surface area (Å²) in [5.74, 6) is 2.09. The minimum atomic E-state index is -0.396. The predicted octanol–water partition coefficient (Wildman–Crippen LogP) is 4.40. The van der Waals surface area contributed by atoms with Crippen molar-refractivity contribution in [1.82, 2.24) is 10.9 Å². The molecule has 2 fully saturated rings. The van der Waals surface area contributed by atoms with Crippen molar-refractivity contribution < 1.29 is 19.0 Å². The monoisotopic (exact) mass is 523 g/mol. The lowest BCUT2D eigenvalue weighted by Gasteiger charge is -2.32. The molecule has 5 rings (SSSR count). The van der Waals surface area contributed by atoms with Crippen LogP contribution >= 0.6 is 15.9 Å². The van der Waals surface area contributed by atoms with Gasteiger partial charge >= 0.3 is 0 Å². The molecule has 176 valence electrons. The largest absolute Gasteiger partial charge is 0.497 e. The normalized spacial score (nSPS) is 23.6. The van der Waals surface area contributed by atoms with Gasteiger partial charge in [0.1, 0.15) is 23.3 Å². The fourth-order valence-electron chi connectivity index (χ4n) is 5.03. The number of nitrogens with zero attached hydrogens (tertiary/aromatic N) is 1. The van der Waals surface area contributed by atoms with Crippen molar-refractivity contribution in [2.45, 2.75) is 18.1 Å². The standard InChI is InChI=1S/C26H26BrN3O4/c1-32-18-10-4-15(5-11-18)23-22-24(29-28-23)26(31)30(17-8-6-16(27)7-9-17)25(22)20-13-12-19(33-2)14-21(20)34-3/h4-14,22-25,28-29H,1-3H3. The Balaban J connectivity index is 1.64. The van der Waals surface area contributed by atoms with Crippen LogP contribution in [0.1, 0.15) is 23.2 Å². The Morgan fingerprint density at radius 3 is 2.09 bits per heavy atom. The molecule has 2 N–H and O–H groups in total. The molecule has 0 aromatic heterocycles. The summed E-state index contributed by atoms with van der Waals surface area (Å²) in [6.07, 6.45) is 0. The Kier molecular flexibility index (Phi) is 6.20. The van der Waals surface area contributed by atoms with Crippen LogP contribution in [0.4, 0.5) is 5.69 Å². The molecule has 0 saturated carbocycles. The summed E-state index contributed by atoms with van der Waals surface area (Å²) in [4.78, 5) is 15.7. The highest BCUT2D eigenvalue weighted by molar-refractivity contribution is 9.10. The van der Waals surface area contributed by atoms with Crippen molar-refractivity contribution in [2.24, 2.45) is 5.92 Å². The molecular weight excluding hydrogens is 498 g/mol. The predicted molar refractivity (Wildman–Crippen MR) is 133 cm³/mol.